The molecule has 0 spiro atoms. The van der Waals surface area contributed by atoms with Crippen LogP contribution in [-0.2, 0) is 13.6 Å². The Labute approximate surface area is 66.4 Å². The quantitative estimate of drug-likeness (QED) is 0.492. The molecule has 0 unspecified atom stereocenters. The van der Waals surface area contributed by atoms with E-state index >= 15 is 0 Å². The fraction of sp³-hybridized carbons (Fsp3) is 0.600. The predicted molar refractivity (Wildman–Crippen MR) is 43.1 cm³/mol. The Morgan fingerprint density at radius 1 is 1.64 bits per heavy atom. The van der Waals surface area contributed by atoms with Gasteiger partial charge in [0.15, 0.2) is 0 Å². The second-order valence-electron chi connectivity index (χ2n) is 1.36. The Bertz CT molecular complexity index is 130. The minimum absolute atomic E-state index is 0.583. The highest BCUT2D eigenvalue weighted by Crippen LogP contribution is 2.40. The monoisotopic (exact) mass is 183 g/mol. The maximum atomic E-state index is 10.1. The van der Waals surface area contributed by atoms with Crippen LogP contribution in [0.1, 0.15) is 0 Å². The van der Waals surface area contributed by atoms with Crippen LogP contribution in [0.5, 0.6) is 0 Å². The second-order valence-corrected chi connectivity index (χ2v) is 3.03. The summed E-state index contributed by atoms with van der Waals surface area (Å²) in [5.74, 6) is 0. The maximum Gasteiger partial charge on any atom is 0.471 e. The first kappa shape index (κ1) is 13.4. The summed E-state index contributed by atoms with van der Waals surface area (Å²) >= 11 is 0. The summed E-state index contributed by atoms with van der Waals surface area (Å²) in [6.07, 6.45) is 1.65. The first-order chi connectivity index (χ1) is 5.04. The molecule has 11 heavy (non-hydrogen) atoms. The van der Waals surface area contributed by atoms with Crippen molar-refractivity contribution in [1.82, 2.24) is 0 Å². The lowest BCUT2D eigenvalue weighted by Gasteiger charge is -2.01. The molecule has 0 aliphatic heterocycles. The Balaban J connectivity index is 0. The van der Waals surface area contributed by atoms with Gasteiger partial charge in [0.1, 0.15) is 0 Å². The molecule has 0 amide bonds. The standard InChI is InChI=1S/C3H7N.C2H7O4P/c1-2-3-4;1-5-7(3,4)6-2/h2H,1,3-4H2;1-2H3,(H,3,4). The molecule has 3 N–H and O–H groups in total. The molecule has 0 atom stereocenters. The molecular weight excluding hydrogens is 169 g/mol. The van der Waals surface area contributed by atoms with Crippen molar-refractivity contribution < 1.29 is 18.5 Å². The predicted octanol–water partition coefficient (Wildman–Crippen LogP) is 0.511. The van der Waals surface area contributed by atoms with E-state index in [0.717, 1.165) is 14.2 Å². The van der Waals surface area contributed by atoms with Crippen molar-refractivity contribution in [2.75, 3.05) is 20.8 Å². The van der Waals surface area contributed by atoms with Crippen molar-refractivity contribution >= 4 is 7.82 Å². The van der Waals surface area contributed by atoms with Crippen LogP contribution in [-0.4, -0.2) is 25.7 Å². The van der Waals surface area contributed by atoms with Crippen molar-refractivity contribution in [3.05, 3.63) is 12.7 Å². The largest absolute Gasteiger partial charge is 0.471 e. The first-order valence-corrected chi connectivity index (χ1v) is 4.28. The number of rotatable bonds is 3. The van der Waals surface area contributed by atoms with Crippen LogP contribution < -0.4 is 5.73 Å². The van der Waals surface area contributed by atoms with Gasteiger partial charge in [-0.05, 0) is 0 Å². The van der Waals surface area contributed by atoms with Crippen LogP contribution in [0.2, 0.25) is 0 Å². The van der Waals surface area contributed by atoms with E-state index in [0.29, 0.717) is 6.54 Å². The smallest absolute Gasteiger partial charge is 0.327 e. The molecule has 0 radical (unpaired) electrons. The summed E-state index contributed by atoms with van der Waals surface area (Å²) in [4.78, 5) is 8.24. The molecule has 0 fully saturated rings. The molecule has 5 nitrogen and oxygen atoms in total. The molecule has 0 aromatic carbocycles. The zero-order valence-electron chi connectivity index (χ0n) is 6.69. The summed E-state index contributed by atoms with van der Waals surface area (Å²) in [7, 11) is -1.45. The van der Waals surface area contributed by atoms with E-state index in [2.05, 4.69) is 15.6 Å². The topological polar surface area (TPSA) is 81.8 Å². The molecule has 0 bridgehead atoms. The summed E-state index contributed by atoms with van der Waals surface area (Å²) in [5.41, 5.74) is 4.91. The normalized spacial score (nSPS) is 9.82. The maximum absolute atomic E-state index is 10.1. The van der Waals surface area contributed by atoms with E-state index in [1.54, 1.807) is 6.08 Å². The highest BCUT2D eigenvalue weighted by molar-refractivity contribution is 7.47. The molecule has 6 heteroatoms. The number of nitrogens with two attached hydrogens (primary N) is 1. The Morgan fingerprint density at radius 2 is 1.91 bits per heavy atom. The SMILES string of the molecule is C=CCN.COP(=O)(O)OC. The van der Waals surface area contributed by atoms with E-state index < -0.39 is 7.82 Å². The molecule has 0 heterocycles. The lowest BCUT2D eigenvalue weighted by Crippen LogP contribution is -1.90. The zero-order chi connectivity index (χ0) is 9.33. The fourth-order valence-corrected chi connectivity index (χ4v) is 0.224. The summed E-state index contributed by atoms with van der Waals surface area (Å²) < 4.78 is 18.0. The lowest BCUT2D eigenvalue weighted by molar-refractivity contribution is 0.204. The van der Waals surface area contributed by atoms with E-state index in [4.69, 9.17) is 10.6 Å². The Hall–Kier alpha value is -0.190. The van der Waals surface area contributed by atoms with Crippen LogP contribution in [0.15, 0.2) is 12.7 Å². The van der Waals surface area contributed by atoms with Gasteiger partial charge in [0.2, 0.25) is 0 Å². The Kier molecular flexibility index (Phi) is 9.64. The van der Waals surface area contributed by atoms with Gasteiger partial charge in [0, 0.05) is 20.8 Å². The molecule has 0 saturated heterocycles. The van der Waals surface area contributed by atoms with Gasteiger partial charge in [-0.1, -0.05) is 6.08 Å². The first-order valence-electron chi connectivity index (χ1n) is 2.79. The highest BCUT2D eigenvalue weighted by Gasteiger charge is 2.13. The number of hydrogen-bond donors (Lipinski definition) is 2. The van der Waals surface area contributed by atoms with Gasteiger partial charge in [-0.15, -0.1) is 6.58 Å². The number of phosphoric acid groups is 1. The molecule has 0 rings (SSSR count). The molecule has 68 valence electrons. The van der Waals surface area contributed by atoms with Gasteiger partial charge in [0.25, 0.3) is 0 Å². The third-order valence-corrected chi connectivity index (χ3v) is 1.55. The van der Waals surface area contributed by atoms with Crippen molar-refractivity contribution in [3.63, 3.8) is 0 Å². The van der Waals surface area contributed by atoms with Crippen LogP contribution in [0.4, 0.5) is 0 Å². The van der Waals surface area contributed by atoms with Gasteiger partial charge in [-0.2, -0.15) is 0 Å². The van der Waals surface area contributed by atoms with E-state index in [9.17, 15) is 4.57 Å². The zero-order valence-corrected chi connectivity index (χ0v) is 7.58. The third-order valence-electron chi connectivity index (χ3n) is 0.628. The molecular formula is C5H14NO4P. The molecule has 0 aromatic rings. The number of phosphoric ester groups is 1. The summed E-state index contributed by atoms with van der Waals surface area (Å²) in [6.45, 7) is 3.94. The van der Waals surface area contributed by atoms with Gasteiger partial charge in [-0.3, -0.25) is 9.05 Å². The highest BCUT2D eigenvalue weighted by atomic mass is 31.2. The lowest BCUT2D eigenvalue weighted by atomic mass is 10.7. The molecule has 0 aliphatic carbocycles. The average Bonchev–Trinajstić information content (AvgIpc) is 2.05. The van der Waals surface area contributed by atoms with Crippen molar-refractivity contribution in [2.45, 2.75) is 0 Å². The number of hydrogen-bond acceptors (Lipinski definition) is 4. The van der Waals surface area contributed by atoms with Crippen molar-refractivity contribution in [3.8, 4) is 0 Å². The van der Waals surface area contributed by atoms with Gasteiger partial charge < -0.3 is 10.6 Å². The van der Waals surface area contributed by atoms with Gasteiger partial charge in [0.05, 0.1) is 0 Å². The van der Waals surface area contributed by atoms with Gasteiger partial charge >= 0.3 is 7.82 Å². The fourth-order valence-electron chi connectivity index (χ4n) is 0.0745. The van der Waals surface area contributed by atoms with E-state index in [-0.39, 0.29) is 0 Å². The third kappa shape index (κ3) is 12.9. The summed E-state index contributed by atoms with van der Waals surface area (Å²) in [5, 5.41) is 0. The minimum atomic E-state index is -3.65. The molecule has 0 aliphatic rings. The Morgan fingerprint density at radius 3 is 1.91 bits per heavy atom. The van der Waals surface area contributed by atoms with Crippen molar-refractivity contribution in [2.24, 2.45) is 5.73 Å². The van der Waals surface area contributed by atoms with E-state index in [1.807, 2.05) is 0 Å². The molecule has 0 aromatic heterocycles. The van der Waals surface area contributed by atoms with Crippen LogP contribution in [0.3, 0.4) is 0 Å². The second kappa shape index (κ2) is 7.91. The van der Waals surface area contributed by atoms with Crippen LogP contribution >= 0.6 is 7.82 Å². The van der Waals surface area contributed by atoms with E-state index in [1.165, 1.54) is 0 Å². The summed E-state index contributed by atoms with van der Waals surface area (Å²) in [6, 6.07) is 0. The average molecular weight is 183 g/mol. The minimum Gasteiger partial charge on any atom is -0.327 e. The van der Waals surface area contributed by atoms with Gasteiger partial charge in [-0.25, -0.2) is 4.57 Å². The van der Waals surface area contributed by atoms with Crippen molar-refractivity contribution in [1.29, 1.82) is 0 Å². The van der Waals surface area contributed by atoms with Crippen LogP contribution in [0, 0.1) is 0 Å². The van der Waals surface area contributed by atoms with Crippen LogP contribution in [0.25, 0.3) is 0 Å². The molecule has 0 saturated carbocycles.